The molecule has 0 aromatic heterocycles. The Balaban J connectivity index is 2.01. The van der Waals surface area contributed by atoms with Crippen molar-refractivity contribution in [2.24, 2.45) is 0 Å². The number of rotatable bonds is 3. The molecule has 0 aromatic rings. The smallest absolute Gasteiger partial charge is 0.292 e. The molecule has 7 heteroatoms. The lowest BCUT2D eigenvalue weighted by atomic mass is 10.0. The largest absolute Gasteiger partial charge is 0.314 e. The van der Waals surface area contributed by atoms with Gasteiger partial charge < -0.3 is 5.32 Å². The van der Waals surface area contributed by atoms with E-state index in [4.69, 9.17) is 0 Å². The third-order valence-electron chi connectivity index (χ3n) is 3.83. The summed E-state index contributed by atoms with van der Waals surface area (Å²) in [4.78, 5) is 2.77. The topological polar surface area (TPSA) is 64.7 Å². The van der Waals surface area contributed by atoms with Crippen molar-refractivity contribution in [2.45, 2.75) is 45.2 Å². The monoisotopic (exact) mass is 276 g/mol. The van der Waals surface area contributed by atoms with Crippen molar-refractivity contribution in [3.05, 3.63) is 0 Å². The van der Waals surface area contributed by atoms with Gasteiger partial charge >= 0.3 is 0 Å². The Hall–Kier alpha value is -0.210. The highest BCUT2D eigenvalue weighted by atomic mass is 32.2. The first-order valence-corrected chi connectivity index (χ1v) is 8.21. The molecule has 2 saturated heterocycles. The van der Waals surface area contributed by atoms with Gasteiger partial charge in [-0.15, -0.1) is 4.83 Å². The second kappa shape index (κ2) is 5.83. The lowest BCUT2D eigenvalue weighted by molar-refractivity contribution is 0.0757. The average molecular weight is 276 g/mol. The number of nitrogens with zero attached hydrogens (tertiary/aromatic N) is 2. The molecule has 2 N–H and O–H groups in total. The second-order valence-electron chi connectivity index (χ2n) is 5.28. The molecular weight excluding hydrogens is 252 g/mol. The molecular formula is C11H24N4O2S. The van der Waals surface area contributed by atoms with Gasteiger partial charge in [-0.2, -0.15) is 12.7 Å². The van der Waals surface area contributed by atoms with E-state index in [1.165, 1.54) is 10.7 Å². The molecule has 0 bridgehead atoms. The van der Waals surface area contributed by atoms with Gasteiger partial charge in [0.25, 0.3) is 10.2 Å². The predicted octanol–water partition coefficient (Wildman–Crippen LogP) is -0.0961. The molecule has 106 valence electrons. The molecule has 2 aliphatic heterocycles. The molecule has 0 aliphatic carbocycles. The molecule has 2 unspecified atom stereocenters. The molecule has 0 aromatic carbocycles. The van der Waals surface area contributed by atoms with Gasteiger partial charge in [-0.3, -0.25) is 0 Å². The van der Waals surface area contributed by atoms with E-state index in [1.54, 1.807) is 0 Å². The summed E-state index contributed by atoms with van der Waals surface area (Å²) in [6.07, 6.45) is 3.27. The minimum Gasteiger partial charge on any atom is -0.314 e. The molecule has 0 amide bonds. The van der Waals surface area contributed by atoms with Crippen LogP contribution in [0, 0.1) is 0 Å². The van der Waals surface area contributed by atoms with E-state index < -0.39 is 10.2 Å². The highest BCUT2D eigenvalue weighted by Gasteiger charge is 2.31. The number of piperazine rings is 1. The van der Waals surface area contributed by atoms with E-state index in [0.29, 0.717) is 13.1 Å². The zero-order valence-corrected chi connectivity index (χ0v) is 12.0. The Morgan fingerprint density at radius 2 is 1.67 bits per heavy atom. The van der Waals surface area contributed by atoms with Crippen LogP contribution in [0.3, 0.4) is 0 Å². The molecule has 2 fully saturated rings. The molecule has 18 heavy (non-hydrogen) atoms. The Morgan fingerprint density at radius 3 is 2.22 bits per heavy atom. The summed E-state index contributed by atoms with van der Waals surface area (Å²) in [5, 5.41) is 5.06. The van der Waals surface area contributed by atoms with E-state index in [2.05, 4.69) is 24.0 Å². The van der Waals surface area contributed by atoms with E-state index in [1.807, 2.05) is 5.01 Å². The van der Waals surface area contributed by atoms with Crippen molar-refractivity contribution in [1.29, 1.82) is 0 Å². The van der Waals surface area contributed by atoms with Crippen LogP contribution in [-0.4, -0.2) is 56.0 Å². The van der Waals surface area contributed by atoms with Gasteiger partial charge in [0.2, 0.25) is 0 Å². The second-order valence-corrected chi connectivity index (χ2v) is 6.93. The van der Waals surface area contributed by atoms with Gasteiger partial charge in [-0.1, -0.05) is 6.42 Å². The van der Waals surface area contributed by atoms with Crippen LogP contribution in [-0.2, 0) is 10.2 Å². The standard InChI is InChI=1S/C11H24N4O2S/c1-10-4-3-5-11(2)15(10)13-18(16,17)14-8-6-12-7-9-14/h10-13H,3-9H2,1-2H3. The molecule has 0 radical (unpaired) electrons. The van der Waals surface area contributed by atoms with Crippen LogP contribution in [0.2, 0.25) is 0 Å². The Morgan fingerprint density at radius 1 is 1.11 bits per heavy atom. The minimum atomic E-state index is -3.38. The number of hydrazine groups is 1. The number of hydrogen-bond acceptors (Lipinski definition) is 4. The van der Waals surface area contributed by atoms with E-state index in [-0.39, 0.29) is 12.1 Å². The number of nitrogens with one attached hydrogen (secondary N) is 2. The fourth-order valence-electron chi connectivity index (χ4n) is 2.68. The fourth-order valence-corrected chi connectivity index (χ4v) is 4.08. The molecule has 6 nitrogen and oxygen atoms in total. The van der Waals surface area contributed by atoms with Crippen molar-refractivity contribution in [1.82, 2.24) is 19.5 Å². The minimum absolute atomic E-state index is 0.270. The summed E-state index contributed by atoms with van der Waals surface area (Å²) in [5.41, 5.74) is 0. The van der Waals surface area contributed by atoms with Crippen LogP contribution in [0.15, 0.2) is 0 Å². The average Bonchev–Trinajstić information content (AvgIpc) is 2.35. The number of piperidine rings is 1. The van der Waals surface area contributed by atoms with Crippen LogP contribution < -0.4 is 10.1 Å². The summed E-state index contributed by atoms with van der Waals surface area (Å²) in [7, 11) is -3.38. The SMILES string of the molecule is CC1CCCC(C)N1NS(=O)(=O)N1CCNCC1. The van der Waals surface area contributed by atoms with Crippen molar-refractivity contribution < 1.29 is 8.42 Å². The van der Waals surface area contributed by atoms with Gasteiger partial charge in [0.05, 0.1) is 0 Å². The molecule has 2 aliphatic rings. The van der Waals surface area contributed by atoms with Gasteiger partial charge in [-0.25, -0.2) is 5.01 Å². The molecule has 0 saturated carbocycles. The summed E-state index contributed by atoms with van der Waals surface area (Å²) in [5.74, 6) is 0. The summed E-state index contributed by atoms with van der Waals surface area (Å²) in [6.45, 7) is 6.71. The van der Waals surface area contributed by atoms with E-state index in [9.17, 15) is 8.42 Å². The summed E-state index contributed by atoms with van der Waals surface area (Å²) >= 11 is 0. The zero-order valence-electron chi connectivity index (χ0n) is 11.2. The van der Waals surface area contributed by atoms with Crippen LogP contribution in [0.4, 0.5) is 0 Å². The summed E-state index contributed by atoms with van der Waals surface area (Å²) in [6, 6.07) is 0.540. The maximum absolute atomic E-state index is 12.3. The van der Waals surface area contributed by atoms with Crippen LogP contribution in [0.1, 0.15) is 33.1 Å². The number of hydrogen-bond donors (Lipinski definition) is 2. The van der Waals surface area contributed by atoms with E-state index in [0.717, 1.165) is 25.9 Å². The maximum atomic E-state index is 12.3. The van der Waals surface area contributed by atoms with Crippen molar-refractivity contribution in [3.8, 4) is 0 Å². The summed E-state index contributed by atoms with van der Waals surface area (Å²) < 4.78 is 26.1. The van der Waals surface area contributed by atoms with Gasteiger partial charge in [0.1, 0.15) is 0 Å². The lowest BCUT2D eigenvalue weighted by Crippen LogP contribution is -2.59. The highest BCUT2D eigenvalue weighted by Crippen LogP contribution is 2.21. The molecule has 0 spiro atoms. The lowest BCUT2D eigenvalue weighted by Gasteiger charge is -2.40. The Bertz CT molecular complexity index is 357. The first kappa shape index (κ1) is 14.2. The van der Waals surface area contributed by atoms with Crippen molar-refractivity contribution >= 4 is 10.2 Å². The quantitative estimate of drug-likeness (QED) is 0.756. The van der Waals surface area contributed by atoms with Crippen LogP contribution in [0.5, 0.6) is 0 Å². The maximum Gasteiger partial charge on any atom is 0.292 e. The highest BCUT2D eigenvalue weighted by molar-refractivity contribution is 7.87. The van der Waals surface area contributed by atoms with Crippen LogP contribution in [0.25, 0.3) is 0 Å². The third-order valence-corrected chi connectivity index (χ3v) is 5.32. The molecule has 2 heterocycles. The van der Waals surface area contributed by atoms with Gasteiger partial charge in [0.15, 0.2) is 0 Å². The van der Waals surface area contributed by atoms with Gasteiger partial charge in [0, 0.05) is 38.3 Å². The van der Waals surface area contributed by atoms with E-state index >= 15 is 0 Å². The first-order valence-electron chi connectivity index (χ1n) is 6.77. The third kappa shape index (κ3) is 3.21. The Labute approximate surface area is 110 Å². The normalized spacial score (nSPS) is 32.6. The van der Waals surface area contributed by atoms with Gasteiger partial charge in [-0.05, 0) is 26.7 Å². The van der Waals surface area contributed by atoms with Crippen molar-refractivity contribution in [3.63, 3.8) is 0 Å². The first-order chi connectivity index (χ1) is 8.50. The molecule has 2 rings (SSSR count). The van der Waals surface area contributed by atoms with Crippen molar-refractivity contribution in [2.75, 3.05) is 26.2 Å². The fraction of sp³-hybridized carbons (Fsp3) is 1.00. The molecule has 2 atom stereocenters. The predicted molar refractivity (Wildman–Crippen MR) is 71.1 cm³/mol. The zero-order chi connectivity index (χ0) is 13.2. The van der Waals surface area contributed by atoms with Crippen LogP contribution >= 0.6 is 0 Å². The Kier molecular flexibility index (Phi) is 4.60.